The summed E-state index contributed by atoms with van der Waals surface area (Å²) in [6, 6.07) is 14.8. The second-order valence-corrected chi connectivity index (χ2v) is 8.66. The summed E-state index contributed by atoms with van der Waals surface area (Å²) in [5, 5.41) is 23.6. The second kappa shape index (κ2) is 10.2. The first-order valence-electron chi connectivity index (χ1n) is 11.3. The van der Waals surface area contributed by atoms with Crippen LogP contribution in [0.5, 0.6) is 0 Å². The molecule has 0 spiro atoms. The highest BCUT2D eigenvalue weighted by atomic mass is 16.5. The molecule has 2 aliphatic rings. The summed E-state index contributed by atoms with van der Waals surface area (Å²) < 4.78 is 11.1. The van der Waals surface area contributed by atoms with Crippen molar-refractivity contribution in [2.75, 3.05) is 19.8 Å². The fraction of sp³-hybridized carbons (Fsp3) is 0.400. The van der Waals surface area contributed by atoms with E-state index >= 15 is 0 Å². The summed E-state index contributed by atoms with van der Waals surface area (Å²) in [7, 11) is 0. The molecule has 0 radical (unpaired) electrons. The van der Waals surface area contributed by atoms with Crippen LogP contribution in [-0.4, -0.2) is 66.2 Å². The van der Waals surface area contributed by atoms with E-state index < -0.39 is 42.1 Å². The van der Waals surface area contributed by atoms with E-state index in [0.29, 0.717) is 6.42 Å². The van der Waals surface area contributed by atoms with Crippen molar-refractivity contribution < 1.29 is 34.1 Å². The van der Waals surface area contributed by atoms with E-state index in [0.717, 1.165) is 22.3 Å². The van der Waals surface area contributed by atoms with Crippen LogP contribution in [0.2, 0.25) is 0 Å². The summed E-state index contributed by atoms with van der Waals surface area (Å²) in [5.74, 6) is -2.41. The lowest BCUT2D eigenvalue weighted by Crippen LogP contribution is -2.49. The topological polar surface area (TPSA) is 134 Å². The standard InChI is InChI=1S/C25H28N2O7/c1-14(28)22(24(30)31)27-23(29)15-10-16(33-12-15)11-26-25(32)34-13-21-19-8-4-2-6-17(19)18-7-3-5-9-20(18)21/h2-9,14-16,21-22,28H,10-13H2,1H3,(H,26,32)(H,27,29)(H,30,31)/t14?,15-,16-,22?/m0/s1. The number of fused-ring (bicyclic) bond motifs is 3. The third-order valence-electron chi connectivity index (χ3n) is 6.32. The molecule has 4 rings (SSSR count). The maximum absolute atomic E-state index is 12.3. The van der Waals surface area contributed by atoms with Gasteiger partial charge in [-0.05, 0) is 35.6 Å². The highest BCUT2D eigenvalue weighted by molar-refractivity contribution is 5.85. The lowest BCUT2D eigenvalue weighted by Gasteiger charge is -2.19. The largest absolute Gasteiger partial charge is 0.480 e. The SMILES string of the molecule is CC(O)C(NC(=O)[C@@H]1CO[C@H](CNC(=O)OCC2c3ccccc3-c3ccccc32)C1)C(=O)O. The number of carboxylic acids is 1. The third kappa shape index (κ3) is 5.05. The van der Waals surface area contributed by atoms with Gasteiger partial charge in [-0.1, -0.05) is 48.5 Å². The van der Waals surface area contributed by atoms with Crippen molar-refractivity contribution in [1.29, 1.82) is 0 Å². The maximum atomic E-state index is 12.3. The molecular weight excluding hydrogens is 440 g/mol. The minimum atomic E-state index is -1.38. The number of alkyl carbamates (subject to hydrolysis) is 1. The number of benzene rings is 2. The summed E-state index contributed by atoms with van der Waals surface area (Å²) in [4.78, 5) is 35.8. The van der Waals surface area contributed by atoms with Crippen LogP contribution in [0.15, 0.2) is 48.5 Å². The van der Waals surface area contributed by atoms with Gasteiger partial charge in [0.1, 0.15) is 6.61 Å². The first-order chi connectivity index (χ1) is 16.3. The lowest BCUT2D eigenvalue weighted by atomic mass is 9.98. The highest BCUT2D eigenvalue weighted by Crippen LogP contribution is 2.44. The predicted octanol–water partition coefficient (Wildman–Crippen LogP) is 1.88. The van der Waals surface area contributed by atoms with Gasteiger partial charge in [0.15, 0.2) is 6.04 Å². The average Bonchev–Trinajstić information content (AvgIpc) is 3.42. The molecular formula is C25H28N2O7. The highest BCUT2D eigenvalue weighted by Gasteiger charge is 2.35. The molecule has 0 aromatic heterocycles. The monoisotopic (exact) mass is 468 g/mol. The molecule has 2 aromatic carbocycles. The fourth-order valence-electron chi connectivity index (χ4n) is 4.54. The van der Waals surface area contributed by atoms with Crippen LogP contribution in [0, 0.1) is 5.92 Å². The van der Waals surface area contributed by atoms with Crippen LogP contribution in [-0.2, 0) is 19.1 Å². The smallest absolute Gasteiger partial charge is 0.407 e. The number of aliphatic carboxylic acids is 1. The normalized spacial score (nSPS) is 20.6. The first-order valence-corrected chi connectivity index (χ1v) is 11.3. The third-order valence-corrected chi connectivity index (χ3v) is 6.32. The number of aliphatic hydroxyl groups excluding tert-OH is 1. The number of amides is 2. The van der Waals surface area contributed by atoms with Crippen LogP contribution in [0.4, 0.5) is 4.79 Å². The lowest BCUT2D eigenvalue weighted by molar-refractivity contribution is -0.145. The molecule has 4 atom stereocenters. The number of hydrogen-bond acceptors (Lipinski definition) is 6. The van der Waals surface area contributed by atoms with Gasteiger partial charge in [0.2, 0.25) is 5.91 Å². The Hall–Kier alpha value is -3.43. The Kier molecular flexibility index (Phi) is 7.14. The van der Waals surface area contributed by atoms with Crippen molar-refractivity contribution in [1.82, 2.24) is 10.6 Å². The van der Waals surface area contributed by atoms with E-state index in [2.05, 4.69) is 22.8 Å². The number of carbonyl (C=O) groups excluding carboxylic acids is 2. The van der Waals surface area contributed by atoms with Crippen molar-refractivity contribution in [3.05, 3.63) is 59.7 Å². The van der Waals surface area contributed by atoms with Gasteiger partial charge in [-0.15, -0.1) is 0 Å². The van der Waals surface area contributed by atoms with Gasteiger partial charge in [-0.25, -0.2) is 9.59 Å². The summed E-state index contributed by atoms with van der Waals surface area (Å²) in [5.41, 5.74) is 4.55. The molecule has 1 aliphatic heterocycles. The number of carboxylic acid groups (broad SMARTS) is 1. The Labute approximate surface area is 197 Å². The molecule has 1 saturated heterocycles. The van der Waals surface area contributed by atoms with Crippen LogP contribution in [0.3, 0.4) is 0 Å². The molecule has 9 nitrogen and oxygen atoms in total. The molecule has 34 heavy (non-hydrogen) atoms. The van der Waals surface area contributed by atoms with E-state index in [-0.39, 0.29) is 25.7 Å². The van der Waals surface area contributed by atoms with Gasteiger partial charge in [-0.2, -0.15) is 0 Å². The second-order valence-electron chi connectivity index (χ2n) is 8.66. The first kappa shape index (κ1) is 23.7. The molecule has 2 unspecified atom stereocenters. The van der Waals surface area contributed by atoms with Gasteiger partial charge in [0, 0.05) is 12.5 Å². The number of nitrogens with one attached hydrogen (secondary N) is 2. The quantitative estimate of drug-likeness (QED) is 0.465. The van der Waals surface area contributed by atoms with Gasteiger partial charge in [0.05, 0.1) is 24.7 Å². The van der Waals surface area contributed by atoms with Crippen LogP contribution >= 0.6 is 0 Å². The maximum Gasteiger partial charge on any atom is 0.407 e. The Morgan fingerprint density at radius 1 is 1.09 bits per heavy atom. The number of ether oxygens (including phenoxy) is 2. The molecule has 1 aliphatic carbocycles. The molecule has 180 valence electrons. The van der Waals surface area contributed by atoms with Crippen molar-refractivity contribution in [3.8, 4) is 11.1 Å². The van der Waals surface area contributed by atoms with Crippen LogP contribution in [0.1, 0.15) is 30.4 Å². The molecule has 1 fully saturated rings. The van der Waals surface area contributed by atoms with E-state index in [1.54, 1.807) is 0 Å². The van der Waals surface area contributed by atoms with Crippen LogP contribution < -0.4 is 10.6 Å². The Balaban J connectivity index is 1.25. The predicted molar refractivity (Wildman–Crippen MR) is 122 cm³/mol. The molecule has 1 heterocycles. The summed E-state index contributed by atoms with van der Waals surface area (Å²) in [6.45, 7) is 1.77. The zero-order valence-electron chi connectivity index (χ0n) is 18.8. The van der Waals surface area contributed by atoms with Gasteiger partial charge in [0.25, 0.3) is 0 Å². The van der Waals surface area contributed by atoms with Gasteiger partial charge in [-0.3, -0.25) is 4.79 Å². The number of hydrogen-bond donors (Lipinski definition) is 4. The van der Waals surface area contributed by atoms with Crippen molar-refractivity contribution in [2.45, 2.75) is 37.5 Å². The summed E-state index contributed by atoms with van der Waals surface area (Å²) in [6.07, 6.45) is -1.87. The molecule has 2 amide bonds. The Morgan fingerprint density at radius 2 is 1.71 bits per heavy atom. The summed E-state index contributed by atoms with van der Waals surface area (Å²) >= 11 is 0. The zero-order chi connectivity index (χ0) is 24.2. The molecule has 2 aromatic rings. The van der Waals surface area contributed by atoms with E-state index in [9.17, 15) is 19.5 Å². The van der Waals surface area contributed by atoms with Crippen molar-refractivity contribution in [2.24, 2.45) is 5.92 Å². The molecule has 9 heteroatoms. The Morgan fingerprint density at radius 3 is 2.29 bits per heavy atom. The zero-order valence-corrected chi connectivity index (χ0v) is 18.8. The van der Waals surface area contributed by atoms with E-state index in [1.807, 2.05) is 36.4 Å². The van der Waals surface area contributed by atoms with E-state index in [4.69, 9.17) is 14.6 Å². The van der Waals surface area contributed by atoms with Gasteiger partial charge >= 0.3 is 12.1 Å². The van der Waals surface area contributed by atoms with E-state index in [1.165, 1.54) is 6.92 Å². The number of carbonyl (C=O) groups is 3. The average molecular weight is 469 g/mol. The van der Waals surface area contributed by atoms with Crippen molar-refractivity contribution in [3.63, 3.8) is 0 Å². The van der Waals surface area contributed by atoms with Crippen molar-refractivity contribution >= 4 is 18.0 Å². The van der Waals surface area contributed by atoms with Gasteiger partial charge < -0.3 is 30.3 Å². The molecule has 0 saturated carbocycles. The van der Waals surface area contributed by atoms with Crippen LogP contribution in [0.25, 0.3) is 11.1 Å². The fourth-order valence-corrected chi connectivity index (χ4v) is 4.54. The molecule has 4 N–H and O–H groups in total. The minimum Gasteiger partial charge on any atom is -0.480 e. The molecule has 0 bridgehead atoms. The minimum absolute atomic E-state index is 0.0370. The Bertz CT molecular complexity index is 1030. The number of rotatable bonds is 8. The number of aliphatic hydroxyl groups is 1.